The zero-order chi connectivity index (χ0) is 20.6. The first kappa shape index (κ1) is 23.6. The van der Waals surface area contributed by atoms with Crippen LogP contribution < -0.4 is 14.8 Å². The molecule has 1 fully saturated rings. The van der Waals surface area contributed by atoms with Gasteiger partial charge < -0.3 is 19.7 Å². The predicted molar refractivity (Wildman–Crippen MR) is 117 cm³/mol. The largest absolute Gasteiger partial charge is 0.493 e. The van der Waals surface area contributed by atoms with Gasteiger partial charge in [0, 0.05) is 44.0 Å². The van der Waals surface area contributed by atoms with E-state index in [9.17, 15) is 9.59 Å². The van der Waals surface area contributed by atoms with Crippen molar-refractivity contribution in [2.24, 2.45) is 0 Å². The summed E-state index contributed by atoms with van der Waals surface area (Å²) >= 11 is 0. The molecule has 0 radical (unpaired) electrons. The Balaban J connectivity index is 0.00000320. The smallest absolute Gasteiger partial charge is 0.223 e. The van der Waals surface area contributed by atoms with E-state index >= 15 is 0 Å². The number of pyridine rings is 1. The van der Waals surface area contributed by atoms with Crippen LogP contribution in [-0.4, -0.2) is 54.9 Å². The molecule has 1 unspecified atom stereocenters. The van der Waals surface area contributed by atoms with Crippen molar-refractivity contribution >= 4 is 24.1 Å². The molecular weight excluding hydrogens is 406 g/mol. The summed E-state index contributed by atoms with van der Waals surface area (Å²) < 4.78 is 11.1. The van der Waals surface area contributed by atoms with Gasteiger partial charge in [-0.1, -0.05) is 6.07 Å². The molecule has 1 aromatic heterocycles. The van der Waals surface area contributed by atoms with Crippen LogP contribution in [0, 0.1) is 0 Å². The molecule has 0 aliphatic carbocycles. The fourth-order valence-electron chi connectivity index (χ4n) is 3.43. The second kappa shape index (κ2) is 11.5. The molecular formula is C22H28ClN3O4. The van der Waals surface area contributed by atoms with Crippen LogP contribution >= 0.6 is 12.4 Å². The Kier molecular flexibility index (Phi) is 9.08. The number of hydrogen-bond acceptors (Lipinski definition) is 6. The number of nitrogens with one attached hydrogen (secondary N) is 1. The fourth-order valence-corrected chi connectivity index (χ4v) is 3.43. The lowest BCUT2D eigenvalue weighted by molar-refractivity contribution is -0.134. The number of aromatic nitrogens is 1. The highest BCUT2D eigenvalue weighted by atomic mass is 35.5. The monoisotopic (exact) mass is 433 g/mol. The fraction of sp³-hybridized carbons (Fsp3) is 0.409. The van der Waals surface area contributed by atoms with Crippen LogP contribution in [0.3, 0.4) is 0 Å². The Labute approximate surface area is 183 Å². The van der Waals surface area contributed by atoms with Gasteiger partial charge in [-0.15, -0.1) is 12.4 Å². The number of hydrogen-bond donors (Lipinski definition) is 1. The minimum absolute atomic E-state index is 0. The van der Waals surface area contributed by atoms with Gasteiger partial charge in [0.05, 0.1) is 19.8 Å². The van der Waals surface area contributed by atoms with Gasteiger partial charge in [0.15, 0.2) is 17.3 Å². The number of methoxy groups -OCH3 is 1. The van der Waals surface area contributed by atoms with Gasteiger partial charge in [-0.25, -0.2) is 0 Å². The molecule has 30 heavy (non-hydrogen) atoms. The van der Waals surface area contributed by atoms with Crippen molar-refractivity contribution in [1.82, 2.24) is 15.2 Å². The van der Waals surface area contributed by atoms with Crippen LogP contribution in [-0.2, 0) is 4.79 Å². The van der Waals surface area contributed by atoms with E-state index in [0.29, 0.717) is 43.1 Å². The number of Topliss-reactive ketones (excluding diaryl/α,β-unsaturated/α-hetero) is 1. The Morgan fingerprint density at radius 3 is 2.80 bits per heavy atom. The molecule has 1 saturated heterocycles. The molecule has 1 N–H and O–H groups in total. The van der Waals surface area contributed by atoms with Crippen LogP contribution in [0.5, 0.6) is 11.5 Å². The van der Waals surface area contributed by atoms with Crippen molar-refractivity contribution in [3.63, 3.8) is 0 Å². The van der Waals surface area contributed by atoms with E-state index in [2.05, 4.69) is 10.3 Å². The topological polar surface area (TPSA) is 80.8 Å². The van der Waals surface area contributed by atoms with Crippen LogP contribution in [0.15, 0.2) is 42.7 Å². The second-order valence-corrected chi connectivity index (χ2v) is 6.97. The van der Waals surface area contributed by atoms with Crippen LogP contribution in [0.1, 0.15) is 41.7 Å². The summed E-state index contributed by atoms with van der Waals surface area (Å²) in [5.74, 6) is 1.17. The molecule has 2 aromatic rings. The van der Waals surface area contributed by atoms with Crippen LogP contribution in [0.25, 0.3) is 0 Å². The van der Waals surface area contributed by atoms with E-state index in [0.717, 1.165) is 18.7 Å². The molecule has 0 bridgehead atoms. The standard InChI is InChI=1S/C22H27N3O4.ClH/c1-16(26)17-7-8-20(21(13-17)28-2)29-12-4-6-22(27)25-11-10-24-15-19(25)18-5-3-9-23-14-18;/h3,5,7-9,13-14,19,24H,4,6,10-12,15H2,1-2H3;1H. The minimum Gasteiger partial charge on any atom is -0.493 e. The van der Waals surface area contributed by atoms with Crippen molar-refractivity contribution in [2.45, 2.75) is 25.8 Å². The number of nitrogens with zero attached hydrogens (tertiary/aromatic N) is 2. The highest BCUT2D eigenvalue weighted by Crippen LogP contribution is 2.28. The first-order valence-corrected chi connectivity index (χ1v) is 9.82. The summed E-state index contributed by atoms with van der Waals surface area (Å²) in [7, 11) is 1.54. The predicted octanol–water partition coefficient (Wildman–Crippen LogP) is 3.05. The molecule has 1 atom stereocenters. The minimum atomic E-state index is -0.0281. The number of amides is 1. The van der Waals surface area contributed by atoms with E-state index in [4.69, 9.17) is 9.47 Å². The third kappa shape index (κ3) is 5.93. The second-order valence-electron chi connectivity index (χ2n) is 6.97. The highest BCUT2D eigenvalue weighted by Gasteiger charge is 2.27. The summed E-state index contributed by atoms with van der Waals surface area (Å²) in [6.45, 7) is 4.10. The van der Waals surface area contributed by atoms with Gasteiger partial charge in [-0.05, 0) is 43.2 Å². The van der Waals surface area contributed by atoms with E-state index in [1.165, 1.54) is 6.92 Å². The zero-order valence-corrected chi connectivity index (χ0v) is 18.1. The molecule has 1 aliphatic heterocycles. The Morgan fingerprint density at radius 2 is 2.10 bits per heavy atom. The maximum atomic E-state index is 12.8. The lowest BCUT2D eigenvalue weighted by atomic mass is 10.0. The van der Waals surface area contributed by atoms with Crippen molar-refractivity contribution in [3.8, 4) is 11.5 Å². The van der Waals surface area contributed by atoms with Gasteiger partial charge in [-0.2, -0.15) is 0 Å². The van der Waals surface area contributed by atoms with E-state index in [-0.39, 0.29) is 30.1 Å². The van der Waals surface area contributed by atoms with Crippen LogP contribution in [0.4, 0.5) is 0 Å². The summed E-state index contributed by atoms with van der Waals surface area (Å²) in [4.78, 5) is 30.4. The van der Waals surface area contributed by atoms with Gasteiger partial charge in [0.2, 0.25) is 5.91 Å². The van der Waals surface area contributed by atoms with Gasteiger partial charge >= 0.3 is 0 Å². The number of carbonyl (C=O) groups is 2. The summed E-state index contributed by atoms with van der Waals surface area (Å²) in [6, 6.07) is 9.01. The molecule has 3 rings (SSSR count). The van der Waals surface area contributed by atoms with Crippen molar-refractivity contribution in [2.75, 3.05) is 33.4 Å². The van der Waals surface area contributed by atoms with Gasteiger partial charge in [0.1, 0.15) is 0 Å². The summed E-state index contributed by atoms with van der Waals surface area (Å²) in [5, 5.41) is 3.35. The first-order chi connectivity index (χ1) is 14.1. The summed E-state index contributed by atoms with van der Waals surface area (Å²) in [6.07, 6.45) is 4.56. The number of benzene rings is 1. The molecule has 1 amide bonds. The number of piperazine rings is 1. The first-order valence-electron chi connectivity index (χ1n) is 9.82. The Morgan fingerprint density at radius 1 is 1.27 bits per heavy atom. The maximum absolute atomic E-state index is 12.8. The quantitative estimate of drug-likeness (QED) is 0.509. The summed E-state index contributed by atoms with van der Waals surface area (Å²) in [5.41, 5.74) is 1.61. The van der Waals surface area contributed by atoms with Gasteiger partial charge in [-0.3, -0.25) is 14.6 Å². The molecule has 8 heteroatoms. The molecule has 0 spiro atoms. The third-order valence-electron chi connectivity index (χ3n) is 5.00. The van der Waals surface area contributed by atoms with Crippen molar-refractivity contribution in [1.29, 1.82) is 0 Å². The lowest BCUT2D eigenvalue weighted by Crippen LogP contribution is -2.48. The number of rotatable bonds is 8. The Hall–Kier alpha value is -2.64. The number of carbonyl (C=O) groups excluding carboxylic acids is 2. The molecule has 2 heterocycles. The normalized spacial score (nSPS) is 15.8. The third-order valence-corrected chi connectivity index (χ3v) is 5.00. The van der Waals surface area contributed by atoms with Crippen molar-refractivity contribution < 1.29 is 19.1 Å². The molecule has 1 aliphatic rings. The highest BCUT2D eigenvalue weighted by molar-refractivity contribution is 5.94. The number of ketones is 1. The van der Waals surface area contributed by atoms with Crippen molar-refractivity contribution in [3.05, 3.63) is 53.9 Å². The average Bonchev–Trinajstić information content (AvgIpc) is 2.77. The maximum Gasteiger partial charge on any atom is 0.223 e. The Bertz CT molecular complexity index is 848. The van der Waals surface area contributed by atoms with E-state index < -0.39 is 0 Å². The molecule has 0 saturated carbocycles. The van der Waals surface area contributed by atoms with E-state index in [1.807, 2.05) is 23.2 Å². The number of ether oxygens (including phenoxy) is 2. The van der Waals surface area contributed by atoms with Crippen LogP contribution in [0.2, 0.25) is 0 Å². The SMILES string of the molecule is COc1cc(C(C)=O)ccc1OCCCC(=O)N1CCNCC1c1cccnc1.Cl. The zero-order valence-electron chi connectivity index (χ0n) is 17.3. The molecule has 7 nitrogen and oxygen atoms in total. The van der Waals surface area contributed by atoms with Gasteiger partial charge in [0.25, 0.3) is 0 Å². The molecule has 162 valence electrons. The number of halogens is 1. The van der Waals surface area contributed by atoms with E-state index in [1.54, 1.807) is 31.5 Å². The average molecular weight is 434 g/mol. The molecule has 1 aromatic carbocycles. The lowest BCUT2D eigenvalue weighted by Gasteiger charge is -2.36.